The number of hydrogen-bond donors (Lipinski definition) is 1. The zero-order valence-corrected chi connectivity index (χ0v) is 10.6. The molecule has 2 nitrogen and oxygen atoms in total. The van der Waals surface area contributed by atoms with Crippen molar-refractivity contribution in [3.05, 3.63) is 45.9 Å². The van der Waals surface area contributed by atoms with Crippen molar-refractivity contribution in [1.82, 2.24) is 4.98 Å². The molecule has 0 aromatic carbocycles. The average molecular weight is 232 g/mol. The number of aromatic nitrogens is 1. The number of thiophene rings is 1. The standard InChI is InChI=1S/C13H16N2S/c1-9-4-6-12(8-14-9)15-11(3)13-7-5-10(2)16-13/h4-8,11,15H,1-3H3. The Morgan fingerprint density at radius 2 is 2.00 bits per heavy atom. The molecule has 1 unspecified atom stereocenters. The average Bonchev–Trinajstić information content (AvgIpc) is 2.68. The van der Waals surface area contributed by atoms with E-state index >= 15 is 0 Å². The van der Waals surface area contributed by atoms with E-state index in [2.05, 4.69) is 42.3 Å². The molecule has 2 aromatic rings. The first-order valence-electron chi connectivity index (χ1n) is 5.40. The summed E-state index contributed by atoms with van der Waals surface area (Å²) in [5, 5.41) is 3.45. The monoisotopic (exact) mass is 232 g/mol. The molecule has 84 valence electrons. The molecular weight excluding hydrogens is 216 g/mol. The molecule has 2 rings (SSSR count). The maximum atomic E-state index is 4.27. The molecule has 0 aliphatic rings. The van der Waals surface area contributed by atoms with Gasteiger partial charge in [0, 0.05) is 15.4 Å². The molecule has 1 atom stereocenters. The lowest BCUT2D eigenvalue weighted by Gasteiger charge is -2.13. The lowest BCUT2D eigenvalue weighted by molar-refractivity contribution is 0.905. The van der Waals surface area contributed by atoms with Gasteiger partial charge in [0.05, 0.1) is 17.9 Å². The fourth-order valence-electron chi connectivity index (χ4n) is 1.56. The number of anilines is 1. The molecule has 2 heterocycles. The van der Waals surface area contributed by atoms with Crippen LogP contribution in [0, 0.1) is 13.8 Å². The SMILES string of the molecule is Cc1ccc(NC(C)c2ccc(C)s2)cn1. The molecule has 0 aliphatic carbocycles. The Morgan fingerprint density at radius 3 is 2.56 bits per heavy atom. The Kier molecular flexibility index (Phi) is 3.25. The lowest BCUT2D eigenvalue weighted by Crippen LogP contribution is -2.04. The minimum atomic E-state index is 0.336. The van der Waals surface area contributed by atoms with Crippen LogP contribution in [0.25, 0.3) is 0 Å². The largest absolute Gasteiger partial charge is 0.376 e. The van der Waals surface area contributed by atoms with Gasteiger partial charge in [-0.15, -0.1) is 11.3 Å². The number of nitrogens with one attached hydrogen (secondary N) is 1. The Morgan fingerprint density at radius 1 is 1.19 bits per heavy atom. The predicted octanol–water partition coefficient (Wildman–Crippen LogP) is 3.93. The summed E-state index contributed by atoms with van der Waals surface area (Å²) >= 11 is 1.84. The highest BCUT2D eigenvalue weighted by Gasteiger charge is 2.07. The summed E-state index contributed by atoms with van der Waals surface area (Å²) in [7, 11) is 0. The van der Waals surface area contributed by atoms with Crippen LogP contribution in [0.3, 0.4) is 0 Å². The summed E-state index contributed by atoms with van der Waals surface area (Å²) in [6, 6.07) is 8.77. The number of pyridine rings is 1. The van der Waals surface area contributed by atoms with Crippen LogP contribution in [0.5, 0.6) is 0 Å². The van der Waals surface area contributed by atoms with Crippen molar-refractivity contribution in [2.75, 3.05) is 5.32 Å². The predicted molar refractivity (Wildman–Crippen MR) is 70.1 cm³/mol. The van der Waals surface area contributed by atoms with Crippen LogP contribution in [0.15, 0.2) is 30.5 Å². The third kappa shape index (κ3) is 2.61. The summed E-state index contributed by atoms with van der Waals surface area (Å²) in [6.07, 6.45) is 1.88. The molecule has 2 aromatic heterocycles. The van der Waals surface area contributed by atoms with E-state index in [9.17, 15) is 0 Å². The van der Waals surface area contributed by atoms with Gasteiger partial charge in [0.1, 0.15) is 0 Å². The van der Waals surface area contributed by atoms with Gasteiger partial charge in [-0.3, -0.25) is 4.98 Å². The van der Waals surface area contributed by atoms with Gasteiger partial charge in [0.2, 0.25) is 0 Å². The molecule has 0 aliphatic heterocycles. The highest BCUT2D eigenvalue weighted by molar-refractivity contribution is 7.12. The van der Waals surface area contributed by atoms with E-state index in [-0.39, 0.29) is 0 Å². The Hall–Kier alpha value is -1.35. The van der Waals surface area contributed by atoms with Crippen molar-refractivity contribution >= 4 is 17.0 Å². The molecule has 1 N–H and O–H groups in total. The first-order valence-corrected chi connectivity index (χ1v) is 6.22. The molecular formula is C13H16N2S. The Balaban J connectivity index is 2.07. The van der Waals surface area contributed by atoms with Gasteiger partial charge in [0.25, 0.3) is 0 Å². The minimum absolute atomic E-state index is 0.336. The number of aryl methyl sites for hydroxylation is 2. The summed E-state index contributed by atoms with van der Waals surface area (Å²) in [4.78, 5) is 6.98. The van der Waals surface area contributed by atoms with Crippen LogP contribution < -0.4 is 5.32 Å². The number of hydrogen-bond acceptors (Lipinski definition) is 3. The maximum Gasteiger partial charge on any atom is 0.0579 e. The van der Waals surface area contributed by atoms with Crippen molar-refractivity contribution < 1.29 is 0 Å². The lowest BCUT2D eigenvalue weighted by atomic mass is 10.2. The van der Waals surface area contributed by atoms with Crippen molar-refractivity contribution in [3.8, 4) is 0 Å². The van der Waals surface area contributed by atoms with Gasteiger partial charge in [-0.1, -0.05) is 0 Å². The first kappa shape index (κ1) is 11.1. The highest BCUT2D eigenvalue weighted by atomic mass is 32.1. The molecule has 0 saturated carbocycles. The van der Waals surface area contributed by atoms with Gasteiger partial charge in [-0.25, -0.2) is 0 Å². The second-order valence-corrected chi connectivity index (χ2v) is 5.32. The van der Waals surface area contributed by atoms with Crippen molar-refractivity contribution in [2.45, 2.75) is 26.8 Å². The highest BCUT2D eigenvalue weighted by Crippen LogP contribution is 2.25. The third-order valence-corrected chi connectivity index (χ3v) is 3.67. The fourth-order valence-corrected chi connectivity index (χ4v) is 2.44. The van der Waals surface area contributed by atoms with Gasteiger partial charge < -0.3 is 5.32 Å². The topological polar surface area (TPSA) is 24.9 Å². The van der Waals surface area contributed by atoms with Crippen LogP contribution in [-0.4, -0.2) is 4.98 Å². The van der Waals surface area contributed by atoms with E-state index in [0.29, 0.717) is 6.04 Å². The first-order chi connectivity index (χ1) is 7.65. The molecule has 0 amide bonds. The third-order valence-electron chi connectivity index (χ3n) is 2.48. The quantitative estimate of drug-likeness (QED) is 0.867. The molecule has 3 heteroatoms. The van der Waals surface area contributed by atoms with Crippen molar-refractivity contribution in [2.24, 2.45) is 0 Å². The van der Waals surface area contributed by atoms with Gasteiger partial charge in [-0.05, 0) is 45.0 Å². The number of nitrogens with zero attached hydrogens (tertiary/aromatic N) is 1. The summed E-state index contributed by atoms with van der Waals surface area (Å²) in [6.45, 7) is 6.30. The van der Waals surface area contributed by atoms with E-state index in [0.717, 1.165) is 11.4 Å². The van der Waals surface area contributed by atoms with E-state index < -0.39 is 0 Å². The maximum absolute atomic E-state index is 4.27. The van der Waals surface area contributed by atoms with E-state index in [1.807, 2.05) is 30.5 Å². The Bertz CT molecular complexity index is 459. The zero-order chi connectivity index (χ0) is 11.5. The van der Waals surface area contributed by atoms with Crippen molar-refractivity contribution in [3.63, 3.8) is 0 Å². The second kappa shape index (κ2) is 4.66. The van der Waals surface area contributed by atoms with Crippen molar-refractivity contribution in [1.29, 1.82) is 0 Å². The smallest absolute Gasteiger partial charge is 0.0579 e. The molecule has 0 radical (unpaired) electrons. The van der Waals surface area contributed by atoms with E-state index in [1.165, 1.54) is 9.75 Å². The molecule has 0 spiro atoms. The second-order valence-electron chi connectivity index (χ2n) is 4.00. The van der Waals surface area contributed by atoms with Crippen LogP contribution in [0.4, 0.5) is 5.69 Å². The van der Waals surface area contributed by atoms with E-state index in [1.54, 1.807) is 0 Å². The van der Waals surface area contributed by atoms with Gasteiger partial charge in [0.15, 0.2) is 0 Å². The van der Waals surface area contributed by atoms with Crippen LogP contribution >= 0.6 is 11.3 Å². The van der Waals surface area contributed by atoms with Crippen LogP contribution in [-0.2, 0) is 0 Å². The molecule has 0 fully saturated rings. The Labute approximate surface area is 100 Å². The normalized spacial score (nSPS) is 12.4. The fraction of sp³-hybridized carbons (Fsp3) is 0.308. The van der Waals surface area contributed by atoms with Gasteiger partial charge >= 0.3 is 0 Å². The molecule has 0 bridgehead atoms. The van der Waals surface area contributed by atoms with Crippen LogP contribution in [0.2, 0.25) is 0 Å². The minimum Gasteiger partial charge on any atom is -0.376 e. The number of rotatable bonds is 3. The van der Waals surface area contributed by atoms with Gasteiger partial charge in [-0.2, -0.15) is 0 Å². The van der Waals surface area contributed by atoms with E-state index in [4.69, 9.17) is 0 Å². The zero-order valence-electron chi connectivity index (χ0n) is 9.82. The summed E-state index contributed by atoms with van der Waals surface area (Å²) in [5.74, 6) is 0. The molecule has 16 heavy (non-hydrogen) atoms. The molecule has 0 saturated heterocycles. The van der Waals surface area contributed by atoms with Crippen LogP contribution in [0.1, 0.15) is 28.4 Å². The summed E-state index contributed by atoms with van der Waals surface area (Å²) < 4.78 is 0. The summed E-state index contributed by atoms with van der Waals surface area (Å²) in [5.41, 5.74) is 2.12.